The van der Waals surface area contributed by atoms with Crippen LogP contribution >= 0.6 is 0 Å². The van der Waals surface area contributed by atoms with Crippen LogP contribution in [0, 0.1) is 5.82 Å². The predicted molar refractivity (Wildman–Crippen MR) is 73.1 cm³/mol. The van der Waals surface area contributed by atoms with E-state index in [2.05, 4.69) is 5.16 Å². The molecule has 1 aromatic carbocycles. The van der Waals surface area contributed by atoms with Gasteiger partial charge in [-0.1, -0.05) is 5.16 Å². The molecular formula is C13H20FN3O2. The van der Waals surface area contributed by atoms with E-state index in [1.165, 1.54) is 6.07 Å². The van der Waals surface area contributed by atoms with Crippen LogP contribution in [0.4, 0.5) is 10.1 Å². The van der Waals surface area contributed by atoms with Gasteiger partial charge < -0.3 is 20.9 Å². The first-order valence-corrected chi connectivity index (χ1v) is 6.19. The Hall–Kier alpha value is -1.82. The van der Waals surface area contributed by atoms with E-state index < -0.39 is 5.82 Å². The molecule has 0 amide bonds. The summed E-state index contributed by atoms with van der Waals surface area (Å²) < 4.78 is 13.9. The molecule has 106 valence electrons. The largest absolute Gasteiger partial charge is 0.409 e. The number of unbranched alkanes of at least 4 members (excludes halogenated alkanes) is 2. The lowest BCUT2D eigenvalue weighted by molar-refractivity contribution is 0.283. The second kappa shape index (κ2) is 7.58. The normalized spacial score (nSPS) is 11.6. The number of hydrogen-bond donors (Lipinski definition) is 3. The maximum absolute atomic E-state index is 13.9. The van der Waals surface area contributed by atoms with E-state index in [0.717, 1.165) is 19.3 Å². The van der Waals surface area contributed by atoms with E-state index in [1.54, 1.807) is 19.2 Å². The Kier molecular flexibility index (Phi) is 6.08. The van der Waals surface area contributed by atoms with Gasteiger partial charge in [0.1, 0.15) is 5.82 Å². The molecule has 0 fully saturated rings. The molecule has 0 saturated heterocycles. The number of aliphatic hydroxyl groups is 1. The SMILES string of the molecule is CN(CCCCCO)c1ccc(/C(N)=N/O)cc1F. The molecule has 6 heteroatoms. The van der Waals surface area contributed by atoms with Gasteiger partial charge in [0.05, 0.1) is 5.69 Å². The minimum Gasteiger partial charge on any atom is -0.409 e. The van der Waals surface area contributed by atoms with Crippen LogP contribution in [-0.4, -0.2) is 36.3 Å². The summed E-state index contributed by atoms with van der Waals surface area (Å²) in [6, 6.07) is 4.46. The summed E-state index contributed by atoms with van der Waals surface area (Å²) in [7, 11) is 1.81. The Morgan fingerprint density at radius 2 is 2.11 bits per heavy atom. The molecule has 0 bridgehead atoms. The zero-order chi connectivity index (χ0) is 14.3. The molecular weight excluding hydrogens is 249 g/mol. The molecule has 1 aromatic rings. The Morgan fingerprint density at radius 3 is 2.68 bits per heavy atom. The number of rotatable bonds is 7. The fourth-order valence-corrected chi connectivity index (χ4v) is 1.79. The van der Waals surface area contributed by atoms with Crippen LogP contribution in [0.25, 0.3) is 0 Å². The number of nitrogens with two attached hydrogens (primary N) is 1. The highest BCUT2D eigenvalue weighted by Crippen LogP contribution is 2.20. The van der Waals surface area contributed by atoms with Crippen molar-refractivity contribution in [2.24, 2.45) is 10.9 Å². The van der Waals surface area contributed by atoms with Crippen LogP contribution in [0.5, 0.6) is 0 Å². The number of benzene rings is 1. The molecule has 0 aliphatic carbocycles. The number of anilines is 1. The van der Waals surface area contributed by atoms with Gasteiger partial charge in [0.2, 0.25) is 0 Å². The summed E-state index contributed by atoms with van der Waals surface area (Å²) in [5, 5.41) is 20.1. The van der Waals surface area contributed by atoms with E-state index in [-0.39, 0.29) is 12.4 Å². The Bertz CT molecular complexity index is 438. The lowest BCUT2D eigenvalue weighted by atomic mass is 10.1. The molecule has 0 aromatic heterocycles. The Balaban J connectivity index is 2.68. The number of oxime groups is 1. The molecule has 0 atom stereocenters. The first-order valence-electron chi connectivity index (χ1n) is 6.19. The van der Waals surface area contributed by atoms with Gasteiger partial charge in [-0.2, -0.15) is 0 Å². The van der Waals surface area contributed by atoms with Crippen molar-refractivity contribution in [3.63, 3.8) is 0 Å². The quantitative estimate of drug-likeness (QED) is 0.230. The van der Waals surface area contributed by atoms with Crippen molar-refractivity contribution in [2.45, 2.75) is 19.3 Å². The van der Waals surface area contributed by atoms with Crippen LogP contribution in [-0.2, 0) is 0 Å². The first kappa shape index (κ1) is 15.2. The summed E-state index contributed by atoms with van der Waals surface area (Å²) in [6.45, 7) is 0.895. The van der Waals surface area contributed by atoms with Crippen LogP contribution in [0.2, 0.25) is 0 Å². The number of halogens is 1. The number of amidine groups is 1. The smallest absolute Gasteiger partial charge is 0.170 e. The summed E-state index contributed by atoms with van der Waals surface area (Å²) in [6.07, 6.45) is 2.56. The van der Waals surface area contributed by atoms with Crippen LogP contribution in [0.1, 0.15) is 24.8 Å². The third kappa shape index (κ3) is 4.40. The molecule has 19 heavy (non-hydrogen) atoms. The van der Waals surface area contributed by atoms with Gasteiger partial charge in [-0.3, -0.25) is 0 Å². The Labute approximate surface area is 112 Å². The van der Waals surface area contributed by atoms with Crippen molar-refractivity contribution in [3.8, 4) is 0 Å². The molecule has 0 spiro atoms. The maximum Gasteiger partial charge on any atom is 0.170 e. The van der Waals surface area contributed by atoms with Crippen molar-refractivity contribution < 1.29 is 14.7 Å². The highest BCUT2D eigenvalue weighted by Gasteiger charge is 2.09. The molecule has 0 radical (unpaired) electrons. The van der Waals surface area contributed by atoms with Gasteiger partial charge in [-0.15, -0.1) is 0 Å². The summed E-state index contributed by atoms with van der Waals surface area (Å²) in [4.78, 5) is 1.81. The molecule has 0 aliphatic heterocycles. The topological polar surface area (TPSA) is 82.1 Å². The summed E-state index contributed by atoms with van der Waals surface area (Å²) >= 11 is 0. The summed E-state index contributed by atoms with van der Waals surface area (Å²) in [5.41, 5.74) is 6.21. The highest BCUT2D eigenvalue weighted by atomic mass is 19.1. The van der Waals surface area contributed by atoms with E-state index in [4.69, 9.17) is 16.0 Å². The van der Waals surface area contributed by atoms with E-state index in [9.17, 15) is 4.39 Å². The molecule has 1 rings (SSSR count). The van der Waals surface area contributed by atoms with Crippen LogP contribution < -0.4 is 10.6 Å². The van der Waals surface area contributed by atoms with Gasteiger partial charge in [0, 0.05) is 25.8 Å². The lowest BCUT2D eigenvalue weighted by Crippen LogP contribution is -2.20. The minimum absolute atomic E-state index is 0.115. The second-order valence-corrected chi connectivity index (χ2v) is 4.36. The van der Waals surface area contributed by atoms with Crippen LogP contribution in [0.3, 0.4) is 0 Å². The number of hydrogen-bond acceptors (Lipinski definition) is 4. The standard InChI is InChI=1S/C13H20FN3O2/c1-17(7-3-2-4-8-18)12-6-5-10(9-11(12)14)13(15)16-19/h5-6,9,18-19H,2-4,7-8H2,1H3,(H2,15,16). The van der Waals surface area contributed by atoms with Crippen molar-refractivity contribution in [1.82, 2.24) is 0 Å². The monoisotopic (exact) mass is 269 g/mol. The van der Waals surface area contributed by atoms with Crippen molar-refractivity contribution in [1.29, 1.82) is 0 Å². The van der Waals surface area contributed by atoms with Gasteiger partial charge in [-0.25, -0.2) is 4.39 Å². The third-order valence-electron chi connectivity index (χ3n) is 2.91. The van der Waals surface area contributed by atoms with E-state index in [0.29, 0.717) is 17.8 Å². The zero-order valence-corrected chi connectivity index (χ0v) is 11.0. The average Bonchev–Trinajstić information content (AvgIpc) is 2.42. The minimum atomic E-state index is -0.409. The molecule has 0 heterocycles. The lowest BCUT2D eigenvalue weighted by Gasteiger charge is -2.20. The fourth-order valence-electron chi connectivity index (χ4n) is 1.79. The highest BCUT2D eigenvalue weighted by molar-refractivity contribution is 5.97. The Morgan fingerprint density at radius 1 is 1.37 bits per heavy atom. The molecule has 5 nitrogen and oxygen atoms in total. The molecule has 0 saturated carbocycles. The molecule has 0 aliphatic rings. The van der Waals surface area contributed by atoms with Crippen LogP contribution in [0.15, 0.2) is 23.4 Å². The first-order chi connectivity index (χ1) is 9.10. The number of nitrogens with zero attached hydrogens (tertiary/aromatic N) is 2. The van der Waals surface area contributed by atoms with Gasteiger partial charge in [-0.05, 0) is 37.5 Å². The maximum atomic E-state index is 13.9. The van der Waals surface area contributed by atoms with Gasteiger partial charge in [0.25, 0.3) is 0 Å². The van der Waals surface area contributed by atoms with E-state index >= 15 is 0 Å². The third-order valence-corrected chi connectivity index (χ3v) is 2.91. The second-order valence-electron chi connectivity index (χ2n) is 4.36. The molecule has 0 unspecified atom stereocenters. The fraction of sp³-hybridized carbons (Fsp3) is 0.462. The van der Waals surface area contributed by atoms with Gasteiger partial charge in [0.15, 0.2) is 5.84 Å². The van der Waals surface area contributed by atoms with Crippen molar-refractivity contribution in [3.05, 3.63) is 29.6 Å². The molecule has 4 N–H and O–H groups in total. The van der Waals surface area contributed by atoms with E-state index in [1.807, 2.05) is 4.90 Å². The van der Waals surface area contributed by atoms with Gasteiger partial charge >= 0.3 is 0 Å². The summed E-state index contributed by atoms with van der Waals surface area (Å²) in [5.74, 6) is -0.523. The number of aliphatic hydroxyl groups excluding tert-OH is 1. The van der Waals surface area contributed by atoms with Crippen molar-refractivity contribution in [2.75, 3.05) is 25.1 Å². The predicted octanol–water partition coefficient (Wildman–Crippen LogP) is 1.52. The zero-order valence-electron chi connectivity index (χ0n) is 11.0. The van der Waals surface area contributed by atoms with Crippen molar-refractivity contribution >= 4 is 11.5 Å². The average molecular weight is 269 g/mol.